The first kappa shape index (κ1) is 8.50. The Bertz CT molecular complexity index is 103. The molecular formula is C3H5INO2P. The van der Waals surface area contributed by atoms with Crippen molar-refractivity contribution in [3.05, 3.63) is 0 Å². The van der Waals surface area contributed by atoms with Gasteiger partial charge in [-0.2, -0.15) is 4.76 Å². The molecule has 0 radical (unpaired) electrons. The summed E-state index contributed by atoms with van der Waals surface area (Å²) in [7, 11) is 0. The van der Waals surface area contributed by atoms with Crippen LogP contribution in [-0.2, 0) is 4.79 Å². The third-order valence-corrected chi connectivity index (χ3v) is 3.40. The minimum Gasteiger partial charge on any atom is -0.396 e. The second-order valence-electron chi connectivity index (χ2n) is 0.975. The largest absolute Gasteiger partial charge is 0.396 e. The molecule has 0 saturated heterocycles. The van der Waals surface area contributed by atoms with E-state index < -0.39 is 5.71 Å². The van der Waals surface area contributed by atoms with Crippen molar-refractivity contribution in [2.75, 3.05) is 12.8 Å². The van der Waals surface area contributed by atoms with Crippen LogP contribution in [-0.4, -0.2) is 24.0 Å². The van der Waals surface area contributed by atoms with E-state index in [0.717, 1.165) is 0 Å². The highest BCUT2D eigenvalue weighted by Gasteiger charge is 1.96. The summed E-state index contributed by atoms with van der Waals surface area (Å²) in [6, 6.07) is 0. The van der Waals surface area contributed by atoms with Gasteiger partial charge in [-0.25, -0.2) is 4.79 Å². The van der Waals surface area contributed by atoms with Crippen LogP contribution in [0.2, 0.25) is 0 Å². The summed E-state index contributed by atoms with van der Waals surface area (Å²) >= 11 is 2.02. The van der Waals surface area contributed by atoms with E-state index in [-0.39, 0.29) is 6.61 Å². The third kappa shape index (κ3) is 4.65. The molecule has 0 spiro atoms. The first-order chi connectivity index (χ1) is 3.81. The molecule has 1 N–H and O–H groups in total. The maximum atomic E-state index is 9.53. The lowest BCUT2D eigenvalue weighted by molar-refractivity contribution is 0.322. The molecule has 0 rings (SSSR count). The molecule has 0 aromatic rings. The van der Waals surface area contributed by atoms with Gasteiger partial charge in [-0.3, -0.25) is 0 Å². The maximum absolute atomic E-state index is 9.53. The molecule has 0 amide bonds. The van der Waals surface area contributed by atoms with Crippen LogP contribution in [0.1, 0.15) is 0 Å². The highest BCUT2D eigenvalue weighted by atomic mass is 127. The highest BCUT2D eigenvalue weighted by molar-refractivity contribution is 14.2. The Morgan fingerprint density at radius 3 is 2.88 bits per heavy atom. The van der Waals surface area contributed by atoms with Gasteiger partial charge >= 0.3 is 0 Å². The minimum atomic E-state index is -0.659. The normalized spacial score (nSPS) is 12.2. The molecule has 0 fully saturated rings. The topological polar surface area (TPSA) is 49.7 Å². The van der Waals surface area contributed by atoms with E-state index in [9.17, 15) is 4.79 Å². The van der Waals surface area contributed by atoms with Gasteiger partial charge in [0.2, 0.25) is 6.08 Å². The predicted octanol–water partition coefficient (Wildman–Crippen LogP) is 1.06. The molecule has 46 valence electrons. The summed E-state index contributed by atoms with van der Waals surface area (Å²) in [4.78, 5) is 9.53. The summed E-state index contributed by atoms with van der Waals surface area (Å²) in [5.74, 6) is 0. The van der Waals surface area contributed by atoms with Crippen LogP contribution in [0.5, 0.6) is 0 Å². The molecule has 3 nitrogen and oxygen atoms in total. The van der Waals surface area contributed by atoms with Gasteiger partial charge in [-0.05, 0) is 22.0 Å². The molecule has 0 aliphatic carbocycles. The molecule has 5 heteroatoms. The van der Waals surface area contributed by atoms with Crippen molar-refractivity contribution in [3.63, 3.8) is 0 Å². The number of isocyanates is 1. The van der Waals surface area contributed by atoms with Crippen molar-refractivity contribution in [1.82, 2.24) is 0 Å². The zero-order valence-corrected chi connectivity index (χ0v) is 7.09. The molecule has 0 aromatic heterocycles. The summed E-state index contributed by atoms with van der Waals surface area (Å²) in [5.41, 5.74) is -0.659. The van der Waals surface area contributed by atoms with Crippen LogP contribution < -0.4 is 0 Å². The Kier molecular flexibility index (Phi) is 5.99. The number of carbonyl (C=O) groups excluding carboxylic acids is 1. The van der Waals surface area contributed by atoms with Gasteiger partial charge in [0.1, 0.15) is 0 Å². The van der Waals surface area contributed by atoms with Crippen molar-refractivity contribution in [2.45, 2.75) is 0 Å². The molecule has 0 bridgehead atoms. The molecule has 0 aliphatic rings. The SMILES string of the molecule is O=C=NP(I)CCO. The monoisotopic (exact) mass is 245 g/mol. The zero-order chi connectivity index (χ0) is 6.41. The lowest BCUT2D eigenvalue weighted by Gasteiger charge is -1.93. The predicted molar refractivity (Wildman–Crippen MR) is 41.0 cm³/mol. The smallest absolute Gasteiger partial charge is 0.239 e. The lowest BCUT2D eigenvalue weighted by atomic mass is 10.9. The van der Waals surface area contributed by atoms with Crippen molar-refractivity contribution in [2.24, 2.45) is 4.76 Å². The summed E-state index contributed by atoms with van der Waals surface area (Å²) < 4.78 is 3.40. The Labute approximate surface area is 61.5 Å². The average molecular weight is 245 g/mol. The van der Waals surface area contributed by atoms with E-state index in [4.69, 9.17) is 5.11 Å². The van der Waals surface area contributed by atoms with Gasteiger partial charge in [-0.1, -0.05) is 0 Å². The first-order valence-electron chi connectivity index (χ1n) is 1.93. The van der Waals surface area contributed by atoms with Crippen molar-refractivity contribution in [3.8, 4) is 0 Å². The number of rotatable bonds is 3. The van der Waals surface area contributed by atoms with Gasteiger partial charge in [0.05, 0.1) is 5.71 Å². The lowest BCUT2D eigenvalue weighted by Crippen LogP contribution is -1.82. The molecule has 8 heavy (non-hydrogen) atoms. The van der Waals surface area contributed by atoms with Crippen molar-refractivity contribution in [1.29, 1.82) is 0 Å². The van der Waals surface area contributed by atoms with E-state index >= 15 is 0 Å². The molecule has 0 saturated carbocycles. The van der Waals surface area contributed by atoms with Crippen LogP contribution in [0.3, 0.4) is 0 Å². The molecule has 0 aromatic carbocycles. The van der Waals surface area contributed by atoms with Crippen LogP contribution in [0.4, 0.5) is 0 Å². The van der Waals surface area contributed by atoms with E-state index in [1.165, 1.54) is 6.08 Å². The standard InChI is InChI=1S/C3H5INO2P/c4-8(2-1-6)5-3-7/h6H,1-2H2. The maximum Gasteiger partial charge on any atom is 0.239 e. The number of hydrogen-bond acceptors (Lipinski definition) is 3. The fourth-order valence-corrected chi connectivity index (χ4v) is 1.44. The van der Waals surface area contributed by atoms with Gasteiger partial charge in [-0.15, -0.1) is 0 Å². The molecule has 1 atom stereocenters. The van der Waals surface area contributed by atoms with E-state index in [2.05, 4.69) is 4.76 Å². The Morgan fingerprint density at radius 2 is 2.50 bits per heavy atom. The van der Waals surface area contributed by atoms with Crippen LogP contribution in [0.25, 0.3) is 0 Å². The number of nitrogens with zero attached hydrogens (tertiary/aromatic N) is 1. The average Bonchev–Trinajstić information content (AvgIpc) is 1.68. The summed E-state index contributed by atoms with van der Waals surface area (Å²) in [6.07, 6.45) is 2.03. The first-order valence-corrected chi connectivity index (χ1v) is 6.19. The molecule has 0 aliphatic heterocycles. The Hall–Kier alpha value is 0.500. The zero-order valence-electron chi connectivity index (χ0n) is 4.04. The highest BCUT2D eigenvalue weighted by Crippen LogP contribution is 2.44. The Balaban J connectivity index is 3.31. The van der Waals surface area contributed by atoms with E-state index in [1.807, 2.05) is 22.0 Å². The second-order valence-corrected chi connectivity index (χ2v) is 5.64. The Morgan fingerprint density at radius 1 is 1.88 bits per heavy atom. The van der Waals surface area contributed by atoms with Gasteiger partial charge in [0.25, 0.3) is 0 Å². The number of hydrogen-bond donors (Lipinski definition) is 1. The van der Waals surface area contributed by atoms with Crippen molar-refractivity contribution < 1.29 is 9.90 Å². The summed E-state index contributed by atoms with van der Waals surface area (Å²) in [6.45, 7) is 0.0970. The van der Waals surface area contributed by atoms with E-state index in [0.29, 0.717) is 6.16 Å². The van der Waals surface area contributed by atoms with Crippen LogP contribution in [0.15, 0.2) is 4.76 Å². The summed E-state index contributed by atoms with van der Waals surface area (Å²) in [5, 5.41) is 8.28. The van der Waals surface area contributed by atoms with E-state index in [1.54, 1.807) is 0 Å². The molecule has 1 unspecified atom stereocenters. The number of aliphatic hydroxyl groups is 1. The minimum absolute atomic E-state index is 0.0970. The van der Waals surface area contributed by atoms with Gasteiger partial charge < -0.3 is 5.11 Å². The van der Waals surface area contributed by atoms with Gasteiger partial charge in [0, 0.05) is 12.8 Å². The fraction of sp³-hybridized carbons (Fsp3) is 0.667. The fourth-order valence-electron chi connectivity index (χ4n) is 0.177. The molecule has 0 heterocycles. The van der Waals surface area contributed by atoms with Crippen LogP contribution in [0, 0.1) is 0 Å². The number of aliphatic hydroxyl groups excluding tert-OH is 1. The second kappa shape index (κ2) is 5.63. The molecular weight excluding hydrogens is 240 g/mol. The third-order valence-electron chi connectivity index (χ3n) is 0.434. The quantitative estimate of drug-likeness (QED) is 0.350. The van der Waals surface area contributed by atoms with Crippen LogP contribution >= 0.6 is 27.8 Å². The number of halogens is 1. The van der Waals surface area contributed by atoms with Crippen molar-refractivity contribution >= 4 is 33.8 Å². The van der Waals surface area contributed by atoms with Gasteiger partial charge in [0.15, 0.2) is 0 Å².